The van der Waals surface area contributed by atoms with Gasteiger partial charge in [-0.3, -0.25) is 4.79 Å². The molecule has 3 heteroatoms. The van der Waals surface area contributed by atoms with Gasteiger partial charge >= 0.3 is 5.97 Å². The minimum atomic E-state index is -0.0612. The van der Waals surface area contributed by atoms with E-state index in [1.165, 1.54) is 12.8 Å². The maximum Gasteiger partial charge on any atom is 0.309 e. The van der Waals surface area contributed by atoms with Crippen molar-refractivity contribution in [2.75, 3.05) is 13.7 Å². The molecule has 1 rings (SSSR count). The van der Waals surface area contributed by atoms with Crippen molar-refractivity contribution in [1.82, 2.24) is 0 Å². The maximum absolute atomic E-state index is 11.5. The summed E-state index contributed by atoms with van der Waals surface area (Å²) in [6.07, 6.45) is 5.43. The van der Waals surface area contributed by atoms with Gasteiger partial charge in [-0.2, -0.15) is 0 Å². The number of carbonyl (C=O) groups is 1. The molecule has 0 radical (unpaired) electrons. The number of hydrogen-bond donors (Lipinski definition) is 0. The van der Waals surface area contributed by atoms with Gasteiger partial charge in [0, 0.05) is 13.7 Å². The Bertz CT molecular complexity index is 173. The zero-order valence-electron chi connectivity index (χ0n) is 9.12. The molecule has 1 atom stereocenters. The Morgan fingerprint density at radius 1 is 1.43 bits per heavy atom. The average molecular weight is 200 g/mol. The van der Waals surface area contributed by atoms with Crippen LogP contribution in [0.2, 0.25) is 0 Å². The second-order valence-corrected chi connectivity index (χ2v) is 4.03. The van der Waals surface area contributed by atoms with E-state index in [1.54, 1.807) is 7.11 Å². The summed E-state index contributed by atoms with van der Waals surface area (Å²) in [6, 6.07) is 0. The Morgan fingerprint density at radius 2 is 2.07 bits per heavy atom. The van der Waals surface area contributed by atoms with Crippen molar-refractivity contribution < 1.29 is 14.3 Å². The van der Waals surface area contributed by atoms with E-state index in [0.29, 0.717) is 6.61 Å². The molecule has 0 heterocycles. The first kappa shape index (κ1) is 11.5. The van der Waals surface area contributed by atoms with Crippen molar-refractivity contribution in [2.45, 2.75) is 45.1 Å². The third kappa shape index (κ3) is 3.66. The minimum Gasteiger partial charge on any atom is -0.462 e. The number of rotatable bonds is 5. The van der Waals surface area contributed by atoms with E-state index in [9.17, 15) is 4.79 Å². The van der Waals surface area contributed by atoms with Gasteiger partial charge in [-0.05, 0) is 32.1 Å². The fourth-order valence-electron chi connectivity index (χ4n) is 1.70. The summed E-state index contributed by atoms with van der Waals surface area (Å²) in [5, 5.41) is 0. The highest BCUT2D eigenvalue weighted by Gasteiger charge is 2.22. The van der Waals surface area contributed by atoms with E-state index >= 15 is 0 Å². The molecule has 0 amide bonds. The summed E-state index contributed by atoms with van der Waals surface area (Å²) >= 11 is 0. The minimum absolute atomic E-state index is 0.0319. The quantitative estimate of drug-likeness (QED) is 0.638. The van der Waals surface area contributed by atoms with E-state index in [1.807, 2.05) is 6.92 Å². The van der Waals surface area contributed by atoms with E-state index < -0.39 is 0 Å². The lowest BCUT2D eigenvalue weighted by Gasteiger charge is -2.15. The second-order valence-electron chi connectivity index (χ2n) is 4.03. The van der Waals surface area contributed by atoms with Crippen LogP contribution in [0, 0.1) is 5.92 Å². The third-order valence-corrected chi connectivity index (χ3v) is 2.74. The number of methoxy groups -OCH3 is 1. The van der Waals surface area contributed by atoms with Crippen LogP contribution in [0.1, 0.15) is 39.0 Å². The Labute approximate surface area is 85.8 Å². The van der Waals surface area contributed by atoms with Crippen molar-refractivity contribution in [3.63, 3.8) is 0 Å². The SMILES string of the molecule is COCC[C@H](C)C(=O)OC1CCCC1. The van der Waals surface area contributed by atoms with Gasteiger partial charge < -0.3 is 9.47 Å². The molecule has 0 aromatic heterocycles. The van der Waals surface area contributed by atoms with Crippen LogP contribution in [0.3, 0.4) is 0 Å². The molecule has 0 aliphatic heterocycles. The van der Waals surface area contributed by atoms with Crippen molar-refractivity contribution in [1.29, 1.82) is 0 Å². The van der Waals surface area contributed by atoms with Crippen LogP contribution in [0.15, 0.2) is 0 Å². The highest BCUT2D eigenvalue weighted by atomic mass is 16.5. The lowest BCUT2D eigenvalue weighted by atomic mass is 10.1. The first-order valence-corrected chi connectivity index (χ1v) is 5.43. The van der Waals surface area contributed by atoms with Gasteiger partial charge in [0.25, 0.3) is 0 Å². The topological polar surface area (TPSA) is 35.5 Å². The van der Waals surface area contributed by atoms with Crippen LogP contribution in [0.25, 0.3) is 0 Å². The van der Waals surface area contributed by atoms with Gasteiger partial charge in [0.15, 0.2) is 0 Å². The fourth-order valence-corrected chi connectivity index (χ4v) is 1.70. The first-order chi connectivity index (χ1) is 6.74. The smallest absolute Gasteiger partial charge is 0.309 e. The molecule has 0 unspecified atom stereocenters. The molecule has 1 aliphatic rings. The Morgan fingerprint density at radius 3 is 2.64 bits per heavy atom. The van der Waals surface area contributed by atoms with Gasteiger partial charge in [-0.25, -0.2) is 0 Å². The molecule has 0 spiro atoms. The van der Waals surface area contributed by atoms with Gasteiger partial charge in [-0.1, -0.05) is 6.92 Å². The molecular formula is C11H20O3. The summed E-state index contributed by atoms with van der Waals surface area (Å²) in [5.41, 5.74) is 0. The molecule has 1 saturated carbocycles. The summed E-state index contributed by atoms with van der Waals surface area (Å²) in [4.78, 5) is 11.5. The van der Waals surface area contributed by atoms with Gasteiger partial charge in [0.05, 0.1) is 5.92 Å². The van der Waals surface area contributed by atoms with Crippen LogP contribution in [-0.4, -0.2) is 25.8 Å². The molecule has 0 aromatic rings. The molecule has 0 N–H and O–H groups in total. The van der Waals surface area contributed by atoms with E-state index in [-0.39, 0.29) is 18.0 Å². The van der Waals surface area contributed by atoms with Crippen molar-refractivity contribution in [3.8, 4) is 0 Å². The van der Waals surface area contributed by atoms with E-state index in [0.717, 1.165) is 19.3 Å². The van der Waals surface area contributed by atoms with Gasteiger partial charge in [-0.15, -0.1) is 0 Å². The summed E-state index contributed by atoms with van der Waals surface area (Å²) in [5.74, 6) is -0.0931. The van der Waals surface area contributed by atoms with E-state index in [4.69, 9.17) is 9.47 Å². The Kier molecular flexibility index (Phi) is 4.94. The summed E-state index contributed by atoms with van der Waals surface area (Å²) < 4.78 is 10.3. The lowest BCUT2D eigenvalue weighted by Crippen LogP contribution is -2.21. The third-order valence-electron chi connectivity index (χ3n) is 2.74. The molecule has 1 aliphatic carbocycles. The van der Waals surface area contributed by atoms with Crippen molar-refractivity contribution in [2.24, 2.45) is 5.92 Å². The first-order valence-electron chi connectivity index (χ1n) is 5.43. The summed E-state index contributed by atoms with van der Waals surface area (Å²) in [7, 11) is 1.65. The normalized spacial score (nSPS) is 19.6. The molecule has 14 heavy (non-hydrogen) atoms. The highest BCUT2D eigenvalue weighted by molar-refractivity contribution is 5.72. The Hall–Kier alpha value is -0.570. The van der Waals surface area contributed by atoms with Crippen LogP contribution in [0.4, 0.5) is 0 Å². The molecule has 1 fully saturated rings. The van der Waals surface area contributed by atoms with Crippen LogP contribution < -0.4 is 0 Å². The highest BCUT2D eigenvalue weighted by Crippen LogP contribution is 2.22. The maximum atomic E-state index is 11.5. The van der Waals surface area contributed by atoms with Crippen molar-refractivity contribution in [3.05, 3.63) is 0 Å². The standard InChI is InChI=1S/C11H20O3/c1-9(7-8-13-2)11(12)14-10-5-3-4-6-10/h9-10H,3-8H2,1-2H3/t9-/m0/s1. The predicted molar refractivity (Wildman–Crippen MR) is 54.0 cm³/mol. The molecule has 0 bridgehead atoms. The van der Waals surface area contributed by atoms with Crippen LogP contribution >= 0.6 is 0 Å². The largest absolute Gasteiger partial charge is 0.462 e. The number of esters is 1. The molecule has 0 aromatic carbocycles. The lowest BCUT2D eigenvalue weighted by molar-refractivity contribution is -0.153. The second kappa shape index (κ2) is 6.02. The predicted octanol–water partition coefficient (Wildman–Crippen LogP) is 2.14. The zero-order valence-corrected chi connectivity index (χ0v) is 9.12. The van der Waals surface area contributed by atoms with Gasteiger partial charge in [0.1, 0.15) is 6.10 Å². The molecule has 82 valence electrons. The monoisotopic (exact) mass is 200 g/mol. The number of ether oxygens (including phenoxy) is 2. The van der Waals surface area contributed by atoms with Gasteiger partial charge in [0.2, 0.25) is 0 Å². The van der Waals surface area contributed by atoms with E-state index in [2.05, 4.69) is 0 Å². The summed E-state index contributed by atoms with van der Waals surface area (Å²) in [6.45, 7) is 2.53. The number of carbonyl (C=O) groups excluding carboxylic acids is 1. The molecule has 3 nitrogen and oxygen atoms in total. The zero-order chi connectivity index (χ0) is 10.4. The van der Waals surface area contributed by atoms with Crippen LogP contribution in [-0.2, 0) is 14.3 Å². The van der Waals surface area contributed by atoms with Crippen LogP contribution in [0.5, 0.6) is 0 Å². The van der Waals surface area contributed by atoms with Crippen molar-refractivity contribution >= 4 is 5.97 Å². The average Bonchev–Trinajstić information content (AvgIpc) is 2.66. The number of hydrogen-bond acceptors (Lipinski definition) is 3. The molecule has 0 saturated heterocycles. The Balaban J connectivity index is 2.18. The molecular weight excluding hydrogens is 180 g/mol. The fraction of sp³-hybridized carbons (Fsp3) is 0.909.